The van der Waals surface area contributed by atoms with Crippen LogP contribution in [-0.4, -0.2) is 37.2 Å². The SMILES string of the molecule is CC(OC(=O)c1ccc(-c2ccc3c(c2)OCCO3)s1)C(=O)NC(=O)Nc1ccccc1. The van der Waals surface area contributed by atoms with Crippen molar-refractivity contribution >= 4 is 34.9 Å². The topological polar surface area (TPSA) is 103 Å². The molecule has 0 fully saturated rings. The van der Waals surface area contributed by atoms with Gasteiger partial charge in [-0.05, 0) is 55.0 Å². The van der Waals surface area contributed by atoms with E-state index in [1.54, 1.807) is 42.5 Å². The number of benzene rings is 2. The van der Waals surface area contributed by atoms with Gasteiger partial charge in [0.2, 0.25) is 0 Å². The van der Waals surface area contributed by atoms with E-state index in [1.165, 1.54) is 18.3 Å². The largest absolute Gasteiger partial charge is 0.486 e. The number of hydrogen-bond donors (Lipinski definition) is 2. The van der Waals surface area contributed by atoms with Gasteiger partial charge in [0.05, 0.1) is 0 Å². The first-order valence-corrected chi connectivity index (χ1v) is 10.7. The normalized spacial score (nSPS) is 13.0. The minimum atomic E-state index is -1.15. The molecule has 0 radical (unpaired) electrons. The Morgan fingerprint density at radius 2 is 1.72 bits per heavy atom. The Bertz CT molecular complexity index is 1140. The first-order valence-electron chi connectivity index (χ1n) is 9.87. The molecule has 2 aromatic carbocycles. The van der Waals surface area contributed by atoms with Crippen LogP contribution < -0.4 is 20.1 Å². The monoisotopic (exact) mass is 452 g/mol. The lowest BCUT2D eigenvalue weighted by molar-refractivity contribution is -0.127. The molecule has 0 bridgehead atoms. The molecule has 8 nitrogen and oxygen atoms in total. The van der Waals surface area contributed by atoms with Crippen LogP contribution in [0.15, 0.2) is 60.7 Å². The maximum absolute atomic E-state index is 12.5. The van der Waals surface area contributed by atoms with E-state index in [-0.39, 0.29) is 0 Å². The molecule has 0 aliphatic carbocycles. The fourth-order valence-corrected chi connectivity index (χ4v) is 3.85. The Kier molecular flexibility index (Phi) is 6.37. The van der Waals surface area contributed by atoms with Crippen molar-refractivity contribution in [2.24, 2.45) is 0 Å². The van der Waals surface area contributed by atoms with Crippen molar-refractivity contribution in [3.63, 3.8) is 0 Å². The van der Waals surface area contributed by atoms with Gasteiger partial charge in [-0.3, -0.25) is 10.1 Å². The van der Waals surface area contributed by atoms with E-state index >= 15 is 0 Å². The van der Waals surface area contributed by atoms with E-state index in [9.17, 15) is 14.4 Å². The number of ether oxygens (including phenoxy) is 3. The molecule has 3 amide bonds. The molecule has 1 unspecified atom stereocenters. The number of hydrogen-bond acceptors (Lipinski definition) is 7. The Balaban J connectivity index is 1.34. The Labute approximate surface area is 188 Å². The Morgan fingerprint density at radius 1 is 0.969 bits per heavy atom. The number of fused-ring (bicyclic) bond motifs is 1. The first kappa shape index (κ1) is 21.4. The minimum absolute atomic E-state index is 0.336. The highest BCUT2D eigenvalue weighted by Crippen LogP contribution is 2.37. The number of rotatable bonds is 5. The molecule has 0 spiro atoms. The van der Waals surface area contributed by atoms with E-state index in [0.717, 1.165) is 10.4 Å². The van der Waals surface area contributed by atoms with Crippen LogP contribution in [0.2, 0.25) is 0 Å². The summed E-state index contributed by atoms with van der Waals surface area (Å²) >= 11 is 1.23. The number of anilines is 1. The number of imide groups is 1. The fraction of sp³-hybridized carbons (Fsp3) is 0.174. The summed E-state index contributed by atoms with van der Waals surface area (Å²) in [7, 11) is 0. The molecule has 1 aromatic heterocycles. The third-order valence-corrected chi connectivity index (χ3v) is 5.67. The van der Waals surface area contributed by atoms with Crippen LogP contribution in [0.1, 0.15) is 16.6 Å². The van der Waals surface area contributed by atoms with E-state index in [0.29, 0.717) is 35.3 Å². The molecule has 1 aliphatic rings. The van der Waals surface area contributed by atoms with Crippen LogP contribution in [0.3, 0.4) is 0 Å². The third-order valence-electron chi connectivity index (χ3n) is 4.56. The van der Waals surface area contributed by atoms with Crippen molar-refractivity contribution in [1.82, 2.24) is 5.32 Å². The van der Waals surface area contributed by atoms with Crippen LogP contribution >= 0.6 is 11.3 Å². The van der Waals surface area contributed by atoms with Crippen LogP contribution in [0, 0.1) is 0 Å². The Hall–Kier alpha value is -3.85. The fourth-order valence-electron chi connectivity index (χ4n) is 2.97. The zero-order valence-corrected chi connectivity index (χ0v) is 17.9. The van der Waals surface area contributed by atoms with Crippen LogP contribution in [0.25, 0.3) is 10.4 Å². The van der Waals surface area contributed by atoms with Gasteiger partial charge in [-0.25, -0.2) is 9.59 Å². The number of thiophene rings is 1. The van der Waals surface area contributed by atoms with Crippen molar-refractivity contribution in [2.45, 2.75) is 13.0 Å². The highest BCUT2D eigenvalue weighted by atomic mass is 32.1. The molecule has 32 heavy (non-hydrogen) atoms. The molecule has 9 heteroatoms. The van der Waals surface area contributed by atoms with Gasteiger partial charge in [0, 0.05) is 10.6 Å². The second kappa shape index (κ2) is 9.52. The number of carbonyl (C=O) groups excluding carboxylic acids is 3. The summed E-state index contributed by atoms with van der Waals surface area (Å²) in [6.07, 6.45) is -1.15. The summed E-state index contributed by atoms with van der Waals surface area (Å²) in [4.78, 5) is 37.8. The lowest BCUT2D eigenvalue weighted by atomic mass is 10.1. The van der Waals surface area contributed by atoms with Crippen molar-refractivity contribution in [2.75, 3.05) is 18.5 Å². The molecule has 2 heterocycles. The summed E-state index contributed by atoms with van der Waals surface area (Å²) in [6, 6.07) is 17.0. The molecular weight excluding hydrogens is 432 g/mol. The molecule has 1 atom stereocenters. The van der Waals surface area contributed by atoms with Crippen molar-refractivity contribution in [3.8, 4) is 21.9 Å². The summed E-state index contributed by atoms with van der Waals surface area (Å²) in [5, 5.41) is 4.68. The van der Waals surface area contributed by atoms with Gasteiger partial charge in [-0.1, -0.05) is 18.2 Å². The smallest absolute Gasteiger partial charge is 0.349 e. The number of urea groups is 1. The standard InChI is InChI=1S/C23H20N2O6S/c1-14(21(26)25-23(28)24-16-5-3-2-4-6-16)31-22(27)20-10-9-19(32-20)15-7-8-17-18(13-15)30-12-11-29-17/h2-10,13-14H,11-12H2,1H3,(H2,24,25,26,28). The van der Waals surface area contributed by atoms with Gasteiger partial charge in [-0.2, -0.15) is 0 Å². The van der Waals surface area contributed by atoms with Crippen LogP contribution in [0.5, 0.6) is 11.5 Å². The first-order chi connectivity index (χ1) is 15.5. The zero-order chi connectivity index (χ0) is 22.5. The maximum Gasteiger partial charge on any atom is 0.349 e. The number of amides is 3. The van der Waals surface area contributed by atoms with Gasteiger partial charge in [-0.15, -0.1) is 11.3 Å². The molecule has 0 saturated carbocycles. The summed E-state index contributed by atoms with van der Waals surface area (Å²) in [5.41, 5.74) is 1.41. The highest BCUT2D eigenvalue weighted by molar-refractivity contribution is 7.17. The lowest BCUT2D eigenvalue weighted by Crippen LogP contribution is -2.41. The summed E-state index contributed by atoms with van der Waals surface area (Å²) < 4.78 is 16.3. The Morgan fingerprint density at radius 3 is 2.50 bits per heavy atom. The molecular formula is C23H20N2O6S. The average molecular weight is 452 g/mol. The second-order valence-electron chi connectivity index (χ2n) is 6.88. The van der Waals surface area contributed by atoms with E-state index in [1.807, 2.05) is 18.2 Å². The van der Waals surface area contributed by atoms with Gasteiger partial charge in [0.25, 0.3) is 5.91 Å². The number of nitrogens with one attached hydrogen (secondary N) is 2. The van der Waals surface area contributed by atoms with E-state index in [2.05, 4.69) is 10.6 Å². The minimum Gasteiger partial charge on any atom is -0.486 e. The maximum atomic E-state index is 12.5. The molecule has 0 saturated heterocycles. The predicted molar refractivity (Wildman–Crippen MR) is 119 cm³/mol. The van der Waals surface area contributed by atoms with Crippen LogP contribution in [0.4, 0.5) is 10.5 Å². The summed E-state index contributed by atoms with van der Waals surface area (Å²) in [6.45, 7) is 2.40. The average Bonchev–Trinajstić information content (AvgIpc) is 3.30. The zero-order valence-electron chi connectivity index (χ0n) is 17.1. The van der Waals surface area contributed by atoms with E-state index < -0.39 is 24.0 Å². The van der Waals surface area contributed by atoms with Crippen molar-refractivity contribution in [1.29, 1.82) is 0 Å². The van der Waals surface area contributed by atoms with E-state index in [4.69, 9.17) is 14.2 Å². The second-order valence-corrected chi connectivity index (χ2v) is 7.96. The predicted octanol–water partition coefficient (Wildman–Crippen LogP) is 4.08. The molecule has 2 N–H and O–H groups in total. The third kappa shape index (κ3) is 5.06. The van der Waals surface area contributed by atoms with Gasteiger partial charge < -0.3 is 19.5 Å². The van der Waals surface area contributed by atoms with Gasteiger partial charge >= 0.3 is 12.0 Å². The molecule has 1 aliphatic heterocycles. The number of esters is 1. The number of carbonyl (C=O) groups is 3. The summed E-state index contributed by atoms with van der Waals surface area (Å²) in [5.74, 6) is -0.0296. The van der Waals surface area contributed by atoms with Crippen LogP contribution in [-0.2, 0) is 9.53 Å². The van der Waals surface area contributed by atoms with Gasteiger partial charge in [0.15, 0.2) is 17.6 Å². The quantitative estimate of drug-likeness (QED) is 0.566. The number of para-hydroxylation sites is 1. The molecule has 3 aromatic rings. The lowest BCUT2D eigenvalue weighted by Gasteiger charge is -2.18. The highest BCUT2D eigenvalue weighted by Gasteiger charge is 2.22. The molecule has 4 rings (SSSR count). The van der Waals surface area contributed by atoms with Gasteiger partial charge in [0.1, 0.15) is 18.1 Å². The van der Waals surface area contributed by atoms with Crippen molar-refractivity contribution < 1.29 is 28.6 Å². The van der Waals surface area contributed by atoms with Crippen molar-refractivity contribution in [3.05, 3.63) is 65.5 Å². The molecule has 164 valence electrons.